The summed E-state index contributed by atoms with van der Waals surface area (Å²) in [5.74, 6) is 0.383. The van der Waals surface area contributed by atoms with Gasteiger partial charge in [0.1, 0.15) is 5.82 Å². The van der Waals surface area contributed by atoms with Crippen molar-refractivity contribution in [1.29, 1.82) is 0 Å². The van der Waals surface area contributed by atoms with Crippen molar-refractivity contribution < 1.29 is 13.9 Å². The number of hydrogen-bond acceptors (Lipinski definition) is 4. The van der Waals surface area contributed by atoms with E-state index in [9.17, 15) is 9.18 Å². The molecule has 1 fully saturated rings. The Labute approximate surface area is 170 Å². The number of rotatable bonds is 8. The highest BCUT2D eigenvalue weighted by molar-refractivity contribution is 7.99. The lowest BCUT2D eigenvalue weighted by molar-refractivity contribution is -0.124. The second-order valence-electron chi connectivity index (χ2n) is 6.99. The monoisotopic (exact) mass is 402 g/mol. The van der Waals surface area contributed by atoms with Gasteiger partial charge in [0, 0.05) is 36.2 Å². The molecule has 2 aromatic carbocycles. The molecule has 150 valence electrons. The first-order chi connectivity index (χ1) is 13.6. The van der Waals surface area contributed by atoms with E-state index in [0.717, 1.165) is 29.3 Å². The van der Waals surface area contributed by atoms with Gasteiger partial charge < -0.3 is 10.1 Å². The van der Waals surface area contributed by atoms with E-state index in [2.05, 4.69) is 10.2 Å². The zero-order chi connectivity index (χ0) is 19.8. The highest BCUT2D eigenvalue weighted by Crippen LogP contribution is 2.23. The van der Waals surface area contributed by atoms with E-state index in [1.165, 1.54) is 6.07 Å². The third-order valence-corrected chi connectivity index (χ3v) is 6.15. The Bertz CT molecular complexity index is 753. The van der Waals surface area contributed by atoms with Crippen molar-refractivity contribution in [1.82, 2.24) is 10.2 Å². The Morgan fingerprint density at radius 3 is 2.64 bits per heavy atom. The fraction of sp³-hybridized carbons (Fsp3) is 0.409. The molecule has 2 unspecified atom stereocenters. The van der Waals surface area contributed by atoms with E-state index in [0.29, 0.717) is 19.8 Å². The van der Waals surface area contributed by atoms with E-state index in [-0.39, 0.29) is 23.7 Å². The van der Waals surface area contributed by atoms with E-state index < -0.39 is 0 Å². The summed E-state index contributed by atoms with van der Waals surface area (Å²) in [4.78, 5) is 16.0. The molecule has 28 heavy (non-hydrogen) atoms. The van der Waals surface area contributed by atoms with Crippen LogP contribution in [0.25, 0.3) is 0 Å². The molecule has 0 radical (unpaired) electrons. The second-order valence-corrected chi connectivity index (χ2v) is 8.08. The summed E-state index contributed by atoms with van der Waals surface area (Å²) in [5, 5.41) is 3.08. The van der Waals surface area contributed by atoms with Gasteiger partial charge in [0.15, 0.2) is 0 Å². The average molecular weight is 403 g/mol. The Balaban J connectivity index is 1.58. The van der Waals surface area contributed by atoms with Crippen LogP contribution >= 0.6 is 11.8 Å². The number of nitrogens with one attached hydrogen (secondary N) is 1. The number of amides is 1. The molecule has 3 rings (SSSR count). The van der Waals surface area contributed by atoms with Gasteiger partial charge in [-0.05, 0) is 29.8 Å². The maximum atomic E-state index is 13.8. The summed E-state index contributed by atoms with van der Waals surface area (Å²) < 4.78 is 19.2. The van der Waals surface area contributed by atoms with Crippen molar-refractivity contribution in [3.05, 3.63) is 66.0 Å². The highest BCUT2D eigenvalue weighted by atomic mass is 32.2. The van der Waals surface area contributed by atoms with Gasteiger partial charge >= 0.3 is 0 Å². The number of benzene rings is 2. The average Bonchev–Trinajstić information content (AvgIpc) is 2.73. The Kier molecular flexibility index (Phi) is 7.89. The summed E-state index contributed by atoms with van der Waals surface area (Å²) in [7, 11) is 0. The topological polar surface area (TPSA) is 41.6 Å². The zero-order valence-corrected chi connectivity index (χ0v) is 17.0. The summed E-state index contributed by atoms with van der Waals surface area (Å²) in [6.45, 7) is 5.26. The summed E-state index contributed by atoms with van der Waals surface area (Å²) in [5.41, 5.74) is 0.883. The van der Waals surface area contributed by atoms with Crippen LogP contribution in [0.5, 0.6) is 0 Å². The molecule has 0 spiro atoms. The first-order valence-electron chi connectivity index (χ1n) is 9.66. The second kappa shape index (κ2) is 10.6. The molecular formula is C22H27FN2O2S. The van der Waals surface area contributed by atoms with Gasteiger partial charge in [0.25, 0.3) is 0 Å². The smallest absolute Gasteiger partial charge is 0.223 e. The maximum absolute atomic E-state index is 13.8. The van der Waals surface area contributed by atoms with Gasteiger partial charge in [-0.25, -0.2) is 4.39 Å². The third-order valence-electron chi connectivity index (χ3n) is 4.88. The van der Waals surface area contributed by atoms with Gasteiger partial charge in [-0.1, -0.05) is 37.3 Å². The van der Waals surface area contributed by atoms with Crippen molar-refractivity contribution in [3.63, 3.8) is 0 Å². The van der Waals surface area contributed by atoms with Crippen LogP contribution in [-0.2, 0) is 9.53 Å². The van der Waals surface area contributed by atoms with Gasteiger partial charge in [-0.15, -0.1) is 11.8 Å². The van der Waals surface area contributed by atoms with Crippen molar-refractivity contribution >= 4 is 17.7 Å². The fourth-order valence-electron chi connectivity index (χ4n) is 3.25. The normalized spacial score (nSPS) is 17.1. The molecule has 0 bridgehead atoms. The SMILES string of the molecule is CC(CSc1ccccc1)C(=O)NCC(c1cccc(F)c1)N1CCOCC1. The molecule has 1 heterocycles. The molecule has 0 aromatic heterocycles. The predicted molar refractivity (Wildman–Crippen MR) is 111 cm³/mol. The molecular weight excluding hydrogens is 375 g/mol. The molecule has 1 aliphatic heterocycles. The molecule has 4 nitrogen and oxygen atoms in total. The molecule has 1 saturated heterocycles. The number of morpholine rings is 1. The number of ether oxygens (including phenoxy) is 1. The van der Waals surface area contributed by atoms with Crippen LogP contribution in [0.3, 0.4) is 0 Å². The highest BCUT2D eigenvalue weighted by Gasteiger charge is 2.24. The van der Waals surface area contributed by atoms with E-state index in [1.54, 1.807) is 23.9 Å². The van der Waals surface area contributed by atoms with Crippen LogP contribution < -0.4 is 5.32 Å². The molecule has 2 aromatic rings. The zero-order valence-electron chi connectivity index (χ0n) is 16.1. The number of thioether (sulfide) groups is 1. The molecule has 0 saturated carbocycles. The van der Waals surface area contributed by atoms with Crippen LogP contribution in [-0.4, -0.2) is 49.4 Å². The van der Waals surface area contributed by atoms with Crippen molar-refractivity contribution in [2.45, 2.75) is 17.9 Å². The van der Waals surface area contributed by atoms with Gasteiger partial charge in [0.2, 0.25) is 5.91 Å². The molecule has 6 heteroatoms. The Morgan fingerprint density at radius 1 is 1.18 bits per heavy atom. The fourth-order valence-corrected chi connectivity index (χ4v) is 4.19. The molecule has 1 N–H and O–H groups in total. The standard InChI is InChI=1S/C22H27FN2O2S/c1-17(16-28-20-8-3-2-4-9-20)22(26)24-15-21(25-10-12-27-13-11-25)18-6-5-7-19(23)14-18/h2-9,14,17,21H,10-13,15-16H2,1H3,(H,24,26). The van der Waals surface area contributed by atoms with E-state index in [4.69, 9.17) is 4.74 Å². The third kappa shape index (κ3) is 6.06. The van der Waals surface area contributed by atoms with Crippen LogP contribution in [0.15, 0.2) is 59.5 Å². The maximum Gasteiger partial charge on any atom is 0.223 e. The Morgan fingerprint density at radius 2 is 1.93 bits per heavy atom. The lowest BCUT2D eigenvalue weighted by atomic mass is 10.0. The molecule has 2 atom stereocenters. The first kappa shape index (κ1) is 20.8. The minimum atomic E-state index is -0.255. The van der Waals surface area contributed by atoms with Gasteiger partial charge in [0.05, 0.1) is 19.3 Å². The molecule has 0 aliphatic carbocycles. The number of carbonyl (C=O) groups is 1. The van der Waals surface area contributed by atoms with Crippen molar-refractivity contribution in [2.75, 3.05) is 38.6 Å². The number of hydrogen-bond donors (Lipinski definition) is 1. The number of halogens is 1. The quantitative estimate of drug-likeness (QED) is 0.683. The molecule has 1 amide bonds. The number of nitrogens with zero attached hydrogens (tertiary/aromatic N) is 1. The Hall–Kier alpha value is -1.89. The summed E-state index contributed by atoms with van der Waals surface area (Å²) in [6, 6.07) is 16.7. The van der Waals surface area contributed by atoms with Crippen LogP contribution in [0.1, 0.15) is 18.5 Å². The van der Waals surface area contributed by atoms with Gasteiger partial charge in [-0.2, -0.15) is 0 Å². The van der Waals surface area contributed by atoms with Crippen molar-refractivity contribution in [3.8, 4) is 0 Å². The van der Waals surface area contributed by atoms with Crippen molar-refractivity contribution in [2.24, 2.45) is 5.92 Å². The van der Waals surface area contributed by atoms with Crippen LogP contribution in [0.2, 0.25) is 0 Å². The van der Waals surface area contributed by atoms with Crippen LogP contribution in [0.4, 0.5) is 4.39 Å². The van der Waals surface area contributed by atoms with Gasteiger partial charge in [-0.3, -0.25) is 9.69 Å². The lowest BCUT2D eigenvalue weighted by Crippen LogP contribution is -2.44. The summed E-state index contributed by atoms with van der Waals surface area (Å²) in [6.07, 6.45) is 0. The summed E-state index contributed by atoms with van der Waals surface area (Å²) >= 11 is 1.68. The first-order valence-corrected chi connectivity index (χ1v) is 10.6. The van der Waals surface area contributed by atoms with E-state index in [1.807, 2.05) is 43.3 Å². The minimum Gasteiger partial charge on any atom is -0.379 e. The number of carbonyl (C=O) groups excluding carboxylic acids is 1. The largest absolute Gasteiger partial charge is 0.379 e. The lowest BCUT2D eigenvalue weighted by Gasteiger charge is -2.35. The van der Waals surface area contributed by atoms with E-state index >= 15 is 0 Å². The minimum absolute atomic E-state index is 0.0260. The molecule has 1 aliphatic rings. The predicted octanol–water partition coefficient (Wildman–Crippen LogP) is 3.74. The van der Waals surface area contributed by atoms with Crippen LogP contribution in [0, 0.1) is 11.7 Å².